The minimum atomic E-state index is 0.384. The van der Waals surface area contributed by atoms with Gasteiger partial charge >= 0.3 is 0 Å². The van der Waals surface area contributed by atoms with E-state index in [9.17, 15) is 0 Å². The molecule has 0 radical (unpaired) electrons. The van der Waals surface area contributed by atoms with E-state index in [0.717, 1.165) is 0 Å². The SMILES string of the molecule is C/C(N)=N\N=C(/C)Cl. The molecular formula is C4H8ClN3. The van der Waals surface area contributed by atoms with Gasteiger partial charge in [-0.2, -0.15) is 0 Å². The first-order valence-electron chi connectivity index (χ1n) is 2.12. The van der Waals surface area contributed by atoms with E-state index in [-0.39, 0.29) is 0 Å². The molecule has 0 spiro atoms. The summed E-state index contributed by atoms with van der Waals surface area (Å²) in [6.45, 7) is 3.28. The second-order valence-corrected chi connectivity index (χ2v) is 1.89. The highest BCUT2D eigenvalue weighted by Crippen LogP contribution is 1.83. The highest BCUT2D eigenvalue weighted by Gasteiger charge is 1.76. The maximum Gasteiger partial charge on any atom is 0.125 e. The highest BCUT2D eigenvalue weighted by molar-refractivity contribution is 6.64. The number of hydrogen-bond donors (Lipinski definition) is 1. The molecule has 0 heterocycles. The van der Waals surface area contributed by atoms with Crippen LogP contribution in [0.3, 0.4) is 0 Å². The van der Waals surface area contributed by atoms with Gasteiger partial charge in [0.15, 0.2) is 0 Å². The van der Waals surface area contributed by atoms with Crippen LogP contribution in [0.4, 0.5) is 0 Å². The van der Waals surface area contributed by atoms with E-state index in [0.29, 0.717) is 11.0 Å². The first-order chi connectivity index (χ1) is 3.63. The zero-order valence-corrected chi connectivity index (χ0v) is 5.61. The lowest BCUT2D eigenvalue weighted by Gasteiger charge is -1.81. The largest absolute Gasteiger partial charge is 0.386 e. The van der Waals surface area contributed by atoms with Crippen LogP contribution in [0.1, 0.15) is 13.8 Å². The van der Waals surface area contributed by atoms with E-state index >= 15 is 0 Å². The molecule has 4 heteroatoms. The molecule has 0 aliphatic heterocycles. The van der Waals surface area contributed by atoms with Crippen molar-refractivity contribution < 1.29 is 0 Å². The lowest BCUT2D eigenvalue weighted by Crippen LogP contribution is -2.03. The summed E-state index contributed by atoms with van der Waals surface area (Å²) >= 11 is 5.31. The van der Waals surface area contributed by atoms with Crippen molar-refractivity contribution >= 4 is 22.6 Å². The fourth-order valence-corrected chi connectivity index (χ4v) is 0.186. The zero-order valence-electron chi connectivity index (χ0n) is 4.85. The van der Waals surface area contributed by atoms with Crippen molar-refractivity contribution in [3.05, 3.63) is 0 Å². The van der Waals surface area contributed by atoms with Gasteiger partial charge in [0.25, 0.3) is 0 Å². The number of nitrogens with two attached hydrogens (primary N) is 1. The van der Waals surface area contributed by atoms with E-state index < -0.39 is 0 Å². The summed E-state index contributed by atoms with van der Waals surface area (Å²) in [6.07, 6.45) is 0. The molecule has 0 aromatic rings. The maximum atomic E-state index is 5.31. The quantitative estimate of drug-likeness (QED) is 0.323. The van der Waals surface area contributed by atoms with Gasteiger partial charge in [0.1, 0.15) is 11.0 Å². The summed E-state index contributed by atoms with van der Waals surface area (Å²) in [5.74, 6) is 0.407. The Balaban J connectivity index is 3.76. The molecule has 8 heavy (non-hydrogen) atoms. The Hall–Kier alpha value is -0.570. The fraction of sp³-hybridized carbons (Fsp3) is 0.500. The number of hydrogen-bond acceptors (Lipinski definition) is 2. The molecule has 0 unspecified atom stereocenters. The molecule has 0 bridgehead atoms. The van der Waals surface area contributed by atoms with Gasteiger partial charge in [-0.25, -0.2) is 0 Å². The number of rotatable bonds is 1. The van der Waals surface area contributed by atoms with E-state index in [2.05, 4.69) is 10.2 Å². The monoisotopic (exact) mass is 133 g/mol. The first kappa shape index (κ1) is 7.43. The minimum Gasteiger partial charge on any atom is -0.386 e. The van der Waals surface area contributed by atoms with E-state index in [1.54, 1.807) is 13.8 Å². The van der Waals surface area contributed by atoms with Crippen molar-refractivity contribution in [1.29, 1.82) is 0 Å². The lowest BCUT2D eigenvalue weighted by atomic mass is 10.7. The molecule has 0 saturated carbocycles. The first-order valence-corrected chi connectivity index (χ1v) is 2.50. The Kier molecular flexibility index (Phi) is 3.19. The van der Waals surface area contributed by atoms with Gasteiger partial charge in [-0.15, -0.1) is 10.2 Å². The molecule has 0 aromatic carbocycles. The molecular weight excluding hydrogens is 126 g/mol. The topological polar surface area (TPSA) is 50.7 Å². The van der Waals surface area contributed by atoms with Crippen LogP contribution in [0.25, 0.3) is 0 Å². The summed E-state index contributed by atoms with van der Waals surface area (Å²) in [5.41, 5.74) is 5.12. The number of nitrogens with zero attached hydrogens (tertiary/aromatic N) is 2. The van der Waals surface area contributed by atoms with Crippen molar-refractivity contribution in [2.75, 3.05) is 0 Å². The van der Waals surface area contributed by atoms with Gasteiger partial charge in [-0.1, -0.05) is 11.6 Å². The number of amidine groups is 1. The second kappa shape index (κ2) is 3.43. The Morgan fingerprint density at radius 1 is 1.38 bits per heavy atom. The molecule has 2 N–H and O–H groups in total. The van der Waals surface area contributed by atoms with Crippen LogP contribution >= 0.6 is 11.6 Å². The summed E-state index contributed by atoms with van der Waals surface area (Å²) in [5, 5.41) is 7.33. The fourth-order valence-electron chi connectivity index (χ4n) is 0.148. The average molecular weight is 134 g/mol. The van der Waals surface area contributed by atoms with Crippen molar-refractivity contribution in [3.63, 3.8) is 0 Å². The molecule has 3 nitrogen and oxygen atoms in total. The van der Waals surface area contributed by atoms with Crippen LogP contribution in [0.5, 0.6) is 0 Å². The van der Waals surface area contributed by atoms with Gasteiger partial charge in [-0.05, 0) is 13.8 Å². The third-order valence-electron chi connectivity index (χ3n) is 0.346. The standard InChI is InChI=1S/C4H8ClN3/c1-3(5)7-8-4(2)6/h1-2H3,(H2,6,8)/b7-3+. The van der Waals surface area contributed by atoms with Crippen LogP contribution in [0, 0.1) is 0 Å². The normalized spacial score (nSPS) is 14.4. The van der Waals surface area contributed by atoms with E-state index in [1.165, 1.54) is 0 Å². The minimum absolute atomic E-state index is 0.384. The lowest BCUT2D eigenvalue weighted by molar-refractivity contribution is 1.22. The van der Waals surface area contributed by atoms with Crippen LogP contribution < -0.4 is 5.73 Å². The highest BCUT2D eigenvalue weighted by atomic mass is 35.5. The van der Waals surface area contributed by atoms with Crippen molar-refractivity contribution in [2.45, 2.75) is 13.8 Å². The predicted molar refractivity (Wildman–Crippen MR) is 36.3 cm³/mol. The molecule has 0 aliphatic rings. The second-order valence-electron chi connectivity index (χ2n) is 1.34. The van der Waals surface area contributed by atoms with Crippen LogP contribution in [-0.4, -0.2) is 11.0 Å². The molecule has 0 saturated heterocycles. The smallest absolute Gasteiger partial charge is 0.125 e. The van der Waals surface area contributed by atoms with Gasteiger partial charge < -0.3 is 5.73 Å². The van der Waals surface area contributed by atoms with E-state index in [4.69, 9.17) is 17.3 Å². The molecule has 0 aliphatic carbocycles. The summed E-state index contributed by atoms with van der Waals surface area (Å²) in [4.78, 5) is 0. The average Bonchev–Trinajstić information content (AvgIpc) is 1.61. The molecule has 0 rings (SSSR count). The Morgan fingerprint density at radius 2 is 1.88 bits per heavy atom. The van der Waals surface area contributed by atoms with Crippen LogP contribution in [0.2, 0.25) is 0 Å². The Bertz CT molecular complexity index is 103. The molecule has 0 aromatic heterocycles. The summed E-state index contributed by atoms with van der Waals surface area (Å²) in [6, 6.07) is 0. The molecule has 0 amide bonds. The maximum absolute atomic E-state index is 5.31. The van der Waals surface area contributed by atoms with Crippen LogP contribution in [0.15, 0.2) is 10.2 Å². The predicted octanol–water partition coefficient (Wildman–Crippen LogP) is 0.936. The van der Waals surface area contributed by atoms with Gasteiger partial charge in [-0.3, -0.25) is 0 Å². The molecule has 0 fully saturated rings. The Morgan fingerprint density at radius 3 is 2.00 bits per heavy atom. The zero-order chi connectivity index (χ0) is 6.57. The number of halogens is 1. The van der Waals surface area contributed by atoms with E-state index in [1.807, 2.05) is 0 Å². The molecule has 0 atom stereocenters. The van der Waals surface area contributed by atoms with Gasteiger partial charge in [0.2, 0.25) is 0 Å². The summed E-state index contributed by atoms with van der Waals surface area (Å²) < 4.78 is 0. The van der Waals surface area contributed by atoms with Gasteiger partial charge in [0.05, 0.1) is 0 Å². The van der Waals surface area contributed by atoms with Crippen molar-refractivity contribution in [1.82, 2.24) is 0 Å². The van der Waals surface area contributed by atoms with Crippen LogP contribution in [-0.2, 0) is 0 Å². The Labute approximate surface area is 53.2 Å². The summed E-state index contributed by atoms with van der Waals surface area (Å²) in [7, 11) is 0. The van der Waals surface area contributed by atoms with Crippen molar-refractivity contribution in [3.8, 4) is 0 Å². The van der Waals surface area contributed by atoms with Gasteiger partial charge in [0, 0.05) is 0 Å². The van der Waals surface area contributed by atoms with Crippen molar-refractivity contribution in [2.24, 2.45) is 15.9 Å². The third kappa shape index (κ3) is 5.43. The third-order valence-corrected chi connectivity index (χ3v) is 0.421. The molecule has 46 valence electrons.